The Labute approximate surface area is 127 Å². The summed E-state index contributed by atoms with van der Waals surface area (Å²) in [6.07, 6.45) is 2.75. The van der Waals surface area contributed by atoms with E-state index in [9.17, 15) is 9.18 Å². The van der Waals surface area contributed by atoms with Crippen molar-refractivity contribution in [1.82, 2.24) is 5.32 Å². The molecule has 6 heteroatoms. The number of ether oxygens (including phenoxy) is 2. The number of fused-ring (bicyclic) bond motifs is 1. The van der Waals surface area contributed by atoms with Gasteiger partial charge in [0.15, 0.2) is 0 Å². The number of carbonyl (C=O) groups is 1. The van der Waals surface area contributed by atoms with Crippen molar-refractivity contribution < 1.29 is 23.1 Å². The van der Waals surface area contributed by atoms with Gasteiger partial charge >= 0.3 is 0 Å². The van der Waals surface area contributed by atoms with E-state index in [-0.39, 0.29) is 5.91 Å². The first-order chi connectivity index (χ1) is 10.6. The number of benzene rings is 1. The van der Waals surface area contributed by atoms with E-state index in [0.717, 1.165) is 6.42 Å². The minimum Gasteiger partial charge on any atom is -0.463 e. The molecule has 1 saturated heterocycles. The Morgan fingerprint density at radius 3 is 3.09 bits per heavy atom. The number of methoxy groups -OCH3 is 1. The molecule has 2 aromatic rings. The third-order valence-corrected chi connectivity index (χ3v) is 4.05. The molecule has 1 N–H and O–H groups in total. The monoisotopic (exact) mass is 307 g/mol. The number of halogens is 1. The summed E-state index contributed by atoms with van der Waals surface area (Å²) < 4.78 is 29.3. The highest BCUT2D eigenvalue weighted by Gasteiger charge is 2.36. The van der Waals surface area contributed by atoms with Crippen molar-refractivity contribution in [3.8, 4) is 0 Å². The van der Waals surface area contributed by atoms with E-state index in [2.05, 4.69) is 5.32 Å². The molecule has 3 rings (SSSR count). The fourth-order valence-corrected chi connectivity index (χ4v) is 2.75. The Morgan fingerprint density at radius 2 is 2.36 bits per heavy atom. The highest BCUT2D eigenvalue weighted by molar-refractivity contribution is 6.06. The maximum absolute atomic E-state index is 13.4. The second-order valence-electron chi connectivity index (χ2n) is 5.57. The average molecular weight is 307 g/mol. The van der Waals surface area contributed by atoms with Gasteiger partial charge in [0.25, 0.3) is 5.91 Å². The lowest BCUT2D eigenvalue weighted by Gasteiger charge is -2.28. The van der Waals surface area contributed by atoms with Gasteiger partial charge in [-0.1, -0.05) is 0 Å². The van der Waals surface area contributed by atoms with Gasteiger partial charge in [-0.25, -0.2) is 4.39 Å². The van der Waals surface area contributed by atoms with E-state index in [1.807, 2.05) is 0 Å². The quantitative estimate of drug-likeness (QED) is 0.922. The molecule has 1 fully saturated rings. The molecule has 1 aromatic heterocycles. The van der Waals surface area contributed by atoms with Crippen LogP contribution in [0.3, 0.4) is 0 Å². The molecule has 1 unspecified atom stereocenters. The number of nitrogens with one attached hydrogen (secondary N) is 1. The van der Waals surface area contributed by atoms with Crippen molar-refractivity contribution in [1.29, 1.82) is 0 Å². The van der Waals surface area contributed by atoms with Crippen LogP contribution in [0.2, 0.25) is 0 Å². The lowest BCUT2D eigenvalue weighted by molar-refractivity contribution is 0.0829. The Balaban J connectivity index is 1.84. The predicted octanol–water partition coefficient (Wildman–Crippen LogP) is 2.50. The van der Waals surface area contributed by atoms with E-state index in [1.54, 1.807) is 7.11 Å². The summed E-state index contributed by atoms with van der Waals surface area (Å²) in [6.45, 7) is 1.58. The Hall–Kier alpha value is -1.92. The molecule has 118 valence electrons. The first kappa shape index (κ1) is 15.0. The average Bonchev–Trinajstić information content (AvgIpc) is 3.12. The molecule has 0 bridgehead atoms. The van der Waals surface area contributed by atoms with Crippen LogP contribution in [0.25, 0.3) is 11.0 Å². The summed E-state index contributed by atoms with van der Waals surface area (Å²) in [7, 11) is 1.62. The fraction of sp³-hybridized carbons (Fsp3) is 0.438. The Bertz CT molecular complexity index is 676. The van der Waals surface area contributed by atoms with Crippen LogP contribution >= 0.6 is 0 Å². The van der Waals surface area contributed by atoms with Gasteiger partial charge in [-0.05, 0) is 31.0 Å². The van der Waals surface area contributed by atoms with E-state index in [0.29, 0.717) is 42.8 Å². The van der Waals surface area contributed by atoms with Crippen molar-refractivity contribution in [2.24, 2.45) is 0 Å². The number of furan rings is 1. The molecule has 1 aliphatic rings. The lowest BCUT2D eigenvalue weighted by Crippen LogP contribution is -2.49. The topological polar surface area (TPSA) is 60.7 Å². The van der Waals surface area contributed by atoms with Crippen molar-refractivity contribution in [3.63, 3.8) is 0 Å². The number of rotatable bonds is 5. The van der Waals surface area contributed by atoms with Crippen LogP contribution < -0.4 is 5.32 Å². The molecule has 1 aliphatic heterocycles. The zero-order valence-corrected chi connectivity index (χ0v) is 12.4. The largest absolute Gasteiger partial charge is 0.463 e. The number of carbonyl (C=O) groups excluding carboxylic acids is 1. The van der Waals surface area contributed by atoms with Crippen LogP contribution in [-0.4, -0.2) is 38.4 Å². The van der Waals surface area contributed by atoms with E-state index >= 15 is 0 Å². The summed E-state index contributed by atoms with van der Waals surface area (Å²) in [5.41, 5.74) is 0.377. The van der Waals surface area contributed by atoms with E-state index in [1.165, 1.54) is 24.5 Å². The molecule has 1 atom stereocenters. The van der Waals surface area contributed by atoms with Gasteiger partial charge in [-0.3, -0.25) is 4.79 Å². The summed E-state index contributed by atoms with van der Waals surface area (Å²) in [6, 6.07) is 4.12. The molecule has 0 spiro atoms. The normalized spacial score (nSPS) is 21.4. The van der Waals surface area contributed by atoms with Gasteiger partial charge < -0.3 is 19.2 Å². The Kier molecular flexibility index (Phi) is 4.13. The molecule has 1 amide bonds. The standard InChI is InChI=1S/C16H18FNO4/c1-20-6-4-16(5-7-21-10-16)18-15(19)13-9-22-14-3-2-11(17)8-12(13)14/h2-3,8-9H,4-7,10H2,1H3,(H,18,19). The van der Waals surface area contributed by atoms with E-state index < -0.39 is 11.4 Å². The highest BCUT2D eigenvalue weighted by atomic mass is 19.1. The number of hydrogen-bond acceptors (Lipinski definition) is 4. The lowest BCUT2D eigenvalue weighted by atomic mass is 9.94. The maximum Gasteiger partial charge on any atom is 0.255 e. The number of amides is 1. The minimum atomic E-state index is -0.440. The van der Waals surface area contributed by atoms with E-state index in [4.69, 9.17) is 13.9 Å². The summed E-state index contributed by atoms with van der Waals surface area (Å²) in [5, 5.41) is 3.49. The van der Waals surface area contributed by atoms with Crippen LogP contribution in [0.15, 0.2) is 28.9 Å². The molecule has 0 saturated carbocycles. The second kappa shape index (κ2) is 6.06. The van der Waals surface area contributed by atoms with Gasteiger partial charge in [0.05, 0.1) is 17.7 Å². The van der Waals surface area contributed by atoms with Gasteiger partial charge in [-0.2, -0.15) is 0 Å². The minimum absolute atomic E-state index is 0.286. The number of hydrogen-bond donors (Lipinski definition) is 1. The smallest absolute Gasteiger partial charge is 0.255 e. The maximum atomic E-state index is 13.4. The van der Waals surface area contributed by atoms with Gasteiger partial charge in [0.1, 0.15) is 17.7 Å². The molecule has 0 aliphatic carbocycles. The molecule has 1 aromatic carbocycles. The summed E-state index contributed by atoms with van der Waals surface area (Å²) >= 11 is 0. The van der Waals surface area contributed by atoms with Crippen molar-refractivity contribution >= 4 is 16.9 Å². The van der Waals surface area contributed by atoms with Crippen molar-refractivity contribution in [2.45, 2.75) is 18.4 Å². The molecular formula is C16H18FNO4. The van der Waals surface area contributed by atoms with Crippen LogP contribution in [0.5, 0.6) is 0 Å². The van der Waals surface area contributed by atoms with Crippen LogP contribution in [0.1, 0.15) is 23.2 Å². The SMILES string of the molecule is COCCC1(NC(=O)c2coc3ccc(F)cc23)CCOC1. The van der Waals surface area contributed by atoms with Crippen molar-refractivity contribution in [3.05, 3.63) is 35.8 Å². The molecule has 0 radical (unpaired) electrons. The third kappa shape index (κ3) is 2.84. The van der Waals surface area contributed by atoms with Crippen molar-refractivity contribution in [2.75, 3.05) is 26.9 Å². The summed E-state index contributed by atoms with van der Waals surface area (Å²) in [5.74, 6) is -0.688. The Morgan fingerprint density at radius 1 is 1.50 bits per heavy atom. The first-order valence-corrected chi connectivity index (χ1v) is 7.19. The highest BCUT2D eigenvalue weighted by Crippen LogP contribution is 2.26. The fourth-order valence-electron chi connectivity index (χ4n) is 2.75. The third-order valence-electron chi connectivity index (χ3n) is 4.05. The molecule has 22 heavy (non-hydrogen) atoms. The van der Waals surface area contributed by atoms with Crippen LogP contribution in [-0.2, 0) is 9.47 Å². The second-order valence-corrected chi connectivity index (χ2v) is 5.57. The molecular weight excluding hydrogens is 289 g/mol. The van der Waals surface area contributed by atoms with Crippen LogP contribution in [0.4, 0.5) is 4.39 Å². The van der Waals surface area contributed by atoms with Crippen LogP contribution in [0, 0.1) is 5.82 Å². The summed E-state index contributed by atoms with van der Waals surface area (Å²) in [4.78, 5) is 12.6. The first-order valence-electron chi connectivity index (χ1n) is 7.19. The zero-order chi connectivity index (χ0) is 15.6. The zero-order valence-electron chi connectivity index (χ0n) is 12.4. The van der Waals surface area contributed by atoms with Gasteiger partial charge in [-0.15, -0.1) is 0 Å². The molecule has 2 heterocycles. The molecule has 5 nitrogen and oxygen atoms in total. The van der Waals surface area contributed by atoms with Gasteiger partial charge in [0, 0.05) is 25.7 Å². The predicted molar refractivity (Wildman–Crippen MR) is 78.3 cm³/mol. The van der Waals surface area contributed by atoms with Gasteiger partial charge in [0.2, 0.25) is 0 Å².